The van der Waals surface area contributed by atoms with E-state index in [4.69, 9.17) is 9.47 Å². The SMILES string of the molecule is CCOc1cc(C)c(-c2csc(NC(=O)/C=C/c3ccc(N4CCOCC4)cc3)n2)c(C)c1. The number of aryl methyl sites for hydroxylation is 2. The van der Waals surface area contributed by atoms with Crippen molar-refractivity contribution in [3.8, 4) is 17.0 Å². The Morgan fingerprint density at radius 2 is 1.88 bits per heavy atom. The summed E-state index contributed by atoms with van der Waals surface area (Å²) in [4.78, 5) is 19.4. The number of hydrogen-bond donors (Lipinski definition) is 1. The molecule has 0 unspecified atom stereocenters. The minimum absolute atomic E-state index is 0.201. The second-order valence-corrected chi connectivity index (χ2v) is 8.77. The lowest BCUT2D eigenvalue weighted by Gasteiger charge is -2.28. The molecule has 1 aliphatic heterocycles. The van der Waals surface area contributed by atoms with Crippen LogP contribution in [0.1, 0.15) is 23.6 Å². The normalized spacial score (nSPS) is 14.0. The summed E-state index contributed by atoms with van der Waals surface area (Å²) in [6, 6.07) is 12.3. The zero-order valence-electron chi connectivity index (χ0n) is 19.3. The molecule has 0 aliphatic carbocycles. The third kappa shape index (κ3) is 5.80. The van der Waals surface area contributed by atoms with Crippen LogP contribution >= 0.6 is 11.3 Å². The van der Waals surface area contributed by atoms with Gasteiger partial charge in [-0.2, -0.15) is 0 Å². The first-order chi connectivity index (χ1) is 16.0. The highest BCUT2D eigenvalue weighted by atomic mass is 32.1. The summed E-state index contributed by atoms with van der Waals surface area (Å²) in [5, 5.41) is 5.42. The van der Waals surface area contributed by atoms with Crippen LogP contribution in [0, 0.1) is 13.8 Å². The first-order valence-corrected chi connectivity index (χ1v) is 12.0. The van der Waals surface area contributed by atoms with Crippen molar-refractivity contribution in [3.05, 3.63) is 64.5 Å². The number of hydrogen-bond acceptors (Lipinski definition) is 6. The van der Waals surface area contributed by atoms with Gasteiger partial charge in [-0.15, -0.1) is 11.3 Å². The highest BCUT2D eigenvalue weighted by Gasteiger charge is 2.13. The fourth-order valence-electron chi connectivity index (χ4n) is 3.96. The van der Waals surface area contributed by atoms with E-state index in [1.165, 1.54) is 23.1 Å². The van der Waals surface area contributed by atoms with E-state index in [-0.39, 0.29) is 5.91 Å². The summed E-state index contributed by atoms with van der Waals surface area (Å²) < 4.78 is 11.0. The minimum Gasteiger partial charge on any atom is -0.494 e. The van der Waals surface area contributed by atoms with Gasteiger partial charge in [0.15, 0.2) is 5.13 Å². The molecule has 3 aromatic rings. The highest BCUT2D eigenvalue weighted by Crippen LogP contribution is 2.33. The maximum atomic E-state index is 12.4. The number of aromatic nitrogens is 1. The molecule has 1 fully saturated rings. The number of rotatable bonds is 7. The van der Waals surface area contributed by atoms with Gasteiger partial charge in [0.1, 0.15) is 5.75 Å². The monoisotopic (exact) mass is 463 g/mol. The molecule has 1 amide bonds. The lowest BCUT2D eigenvalue weighted by Crippen LogP contribution is -2.36. The molecule has 2 heterocycles. The van der Waals surface area contributed by atoms with Crippen LogP contribution in [0.15, 0.2) is 47.9 Å². The number of thiazole rings is 1. The Bertz CT molecular complexity index is 1110. The predicted octanol–water partition coefficient (Wildman–Crippen LogP) is 5.31. The van der Waals surface area contributed by atoms with Crippen molar-refractivity contribution < 1.29 is 14.3 Å². The second kappa shape index (κ2) is 10.6. The van der Waals surface area contributed by atoms with Crippen molar-refractivity contribution in [1.82, 2.24) is 4.98 Å². The van der Waals surface area contributed by atoms with E-state index in [0.29, 0.717) is 11.7 Å². The summed E-state index contributed by atoms with van der Waals surface area (Å²) in [5.41, 5.74) is 6.28. The van der Waals surface area contributed by atoms with E-state index in [1.807, 2.05) is 42.6 Å². The maximum Gasteiger partial charge on any atom is 0.250 e. The number of carbonyl (C=O) groups excluding carboxylic acids is 1. The Morgan fingerprint density at radius 3 is 2.55 bits per heavy atom. The Kier molecular flexibility index (Phi) is 7.42. The first-order valence-electron chi connectivity index (χ1n) is 11.1. The van der Waals surface area contributed by atoms with Crippen LogP contribution < -0.4 is 15.0 Å². The zero-order chi connectivity index (χ0) is 23.2. The van der Waals surface area contributed by atoms with Gasteiger partial charge in [-0.25, -0.2) is 4.98 Å². The van der Waals surface area contributed by atoms with E-state index in [9.17, 15) is 4.79 Å². The van der Waals surface area contributed by atoms with Crippen LogP contribution in [0.5, 0.6) is 5.75 Å². The summed E-state index contributed by atoms with van der Waals surface area (Å²) >= 11 is 1.42. The Hall–Kier alpha value is -3.16. The molecule has 1 N–H and O–H groups in total. The quantitative estimate of drug-likeness (QED) is 0.481. The van der Waals surface area contributed by atoms with Crippen LogP contribution in [-0.4, -0.2) is 43.8 Å². The molecule has 0 spiro atoms. The average molecular weight is 464 g/mol. The van der Waals surface area contributed by atoms with Gasteiger partial charge in [0.2, 0.25) is 5.91 Å². The van der Waals surface area contributed by atoms with Crippen LogP contribution in [-0.2, 0) is 9.53 Å². The molecule has 0 bridgehead atoms. The third-order valence-corrected chi connectivity index (χ3v) is 6.26. The predicted molar refractivity (Wildman–Crippen MR) is 135 cm³/mol. The molecular formula is C26H29N3O3S. The van der Waals surface area contributed by atoms with Crippen molar-refractivity contribution >= 4 is 34.1 Å². The topological polar surface area (TPSA) is 63.7 Å². The van der Waals surface area contributed by atoms with Gasteiger partial charge in [-0.3, -0.25) is 10.1 Å². The number of amides is 1. The molecule has 7 heteroatoms. The summed E-state index contributed by atoms with van der Waals surface area (Å²) in [7, 11) is 0. The van der Waals surface area contributed by atoms with E-state index in [0.717, 1.165) is 60.0 Å². The Morgan fingerprint density at radius 1 is 1.18 bits per heavy atom. The minimum atomic E-state index is -0.201. The summed E-state index contributed by atoms with van der Waals surface area (Å²) in [6.07, 6.45) is 3.35. The number of nitrogens with one attached hydrogen (secondary N) is 1. The van der Waals surface area contributed by atoms with Crippen LogP contribution in [0.25, 0.3) is 17.3 Å². The number of benzene rings is 2. The van der Waals surface area contributed by atoms with Gasteiger partial charge in [0, 0.05) is 35.8 Å². The van der Waals surface area contributed by atoms with Crippen molar-refractivity contribution in [2.24, 2.45) is 0 Å². The van der Waals surface area contributed by atoms with Gasteiger partial charge in [-0.05, 0) is 67.8 Å². The fourth-order valence-corrected chi connectivity index (χ4v) is 4.66. The molecule has 6 nitrogen and oxygen atoms in total. The van der Waals surface area contributed by atoms with Crippen LogP contribution in [0.2, 0.25) is 0 Å². The molecule has 1 saturated heterocycles. The van der Waals surface area contributed by atoms with E-state index >= 15 is 0 Å². The molecule has 1 aliphatic rings. The molecule has 0 radical (unpaired) electrons. The number of carbonyl (C=O) groups is 1. The molecule has 2 aromatic carbocycles. The fraction of sp³-hybridized carbons (Fsp3) is 0.308. The summed E-state index contributed by atoms with van der Waals surface area (Å²) in [6.45, 7) is 10.0. The van der Waals surface area contributed by atoms with E-state index in [1.54, 1.807) is 0 Å². The second-order valence-electron chi connectivity index (χ2n) is 7.92. The lowest BCUT2D eigenvalue weighted by atomic mass is 10.0. The molecule has 33 heavy (non-hydrogen) atoms. The third-order valence-electron chi connectivity index (χ3n) is 5.50. The number of morpholine rings is 1. The Balaban J connectivity index is 1.38. The number of nitrogens with zero attached hydrogens (tertiary/aromatic N) is 2. The number of ether oxygens (including phenoxy) is 2. The standard InChI is InChI=1S/C26H29N3O3S/c1-4-32-22-15-18(2)25(19(3)16-22)23-17-33-26(27-23)28-24(30)10-7-20-5-8-21(9-6-20)29-11-13-31-14-12-29/h5-10,15-17H,4,11-14H2,1-3H3,(H,27,28,30)/b10-7+. The molecule has 0 atom stereocenters. The van der Waals surface area contributed by atoms with Gasteiger partial charge >= 0.3 is 0 Å². The van der Waals surface area contributed by atoms with Crippen molar-refractivity contribution in [2.75, 3.05) is 43.1 Å². The van der Waals surface area contributed by atoms with Crippen LogP contribution in [0.4, 0.5) is 10.8 Å². The summed E-state index contributed by atoms with van der Waals surface area (Å²) in [5.74, 6) is 0.663. The average Bonchev–Trinajstić information content (AvgIpc) is 3.26. The van der Waals surface area contributed by atoms with Crippen LogP contribution in [0.3, 0.4) is 0 Å². The maximum absolute atomic E-state index is 12.4. The zero-order valence-corrected chi connectivity index (χ0v) is 20.1. The van der Waals surface area contributed by atoms with Crippen molar-refractivity contribution in [3.63, 3.8) is 0 Å². The molecular weight excluding hydrogens is 434 g/mol. The van der Waals surface area contributed by atoms with E-state index < -0.39 is 0 Å². The van der Waals surface area contributed by atoms with Gasteiger partial charge in [-0.1, -0.05) is 12.1 Å². The molecule has 4 rings (SSSR count). The van der Waals surface area contributed by atoms with E-state index in [2.05, 4.69) is 41.2 Å². The first kappa shape index (κ1) is 23.0. The number of anilines is 2. The van der Waals surface area contributed by atoms with Gasteiger partial charge < -0.3 is 14.4 Å². The largest absolute Gasteiger partial charge is 0.494 e. The highest BCUT2D eigenvalue weighted by molar-refractivity contribution is 7.14. The van der Waals surface area contributed by atoms with Gasteiger partial charge in [0.05, 0.1) is 25.5 Å². The molecule has 1 aromatic heterocycles. The lowest BCUT2D eigenvalue weighted by molar-refractivity contribution is -0.111. The Labute approximate surface area is 198 Å². The smallest absolute Gasteiger partial charge is 0.250 e. The molecule has 0 saturated carbocycles. The van der Waals surface area contributed by atoms with Gasteiger partial charge in [0.25, 0.3) is 0 Å². The van der Waals surface area contributed by atoms with Crippen molar-refractivity contribution in [2.45, 2.75) is 20.8 Å². The molecule has 172 valence electrons. The van der Waals surface area contributed by atoms with Crippen molar-refractivity contribution in [1.29, 1.82) is 0 Å².